The Kier molecular flexibility index (Phi) is 8.76. The molecule has 2 atom stereocenters. The lowest BCUT2D eigenvalue weighted by Gasteiger charge is -2.30. The largest absolute Gasteiger partial charge is 0.494 e. The van der Waals surface area contributed by atoms with Gasteiger partial charge in [-0.05, 0) is 53.1 Å². The van der Waals surface area contributed by atoms with Gasteiger partial charge in [-0.15, -0.1) is 0 Å². The first-order chi connectivity index (χ1) is 18.4. The van der Waals surface area contributed by atoms with Crippen molar-refractivity contribution in [3.8, 4) is 5.75 Å². The Morgan fingerprint density at radius 3 is 2.55 bits per heavy atom. The van der Waals surface area contributed by atoms with E-state index < -0.39 is 17.6 Å². The van der Waals surface area contributed by atoms with Crippen LogP contribution in [0.2, 0.25) is 10.0 Å². The maximum atomic E-state index is 13.2. The van der Waals surface area contributed by atoms with E-state index in [1.807, 2.05) is 24.3 Å². The second kappa shape index (κ2) is 12.2. The summed E-state index contributed by atoms with van der Waals surface area (Å²) in [6.45, 7) is 0.520. The number of carbonyl (C=O) groups excluding carboxylic acids is 1. The molecule has 1 aliphatic rings. The number of nitrogens with two attached hydrogens (primary N) is 1. The number of rotatable bonds is 11. The number of ether oxygens (including phenoxy) is 2. The first-order valence-corrected chi connectivity index (χ1v) is 12.6. The van der Waals surface area contributed by atoms with E-state index in [9.17, 15) is 4.79 Å². The summed E-state index contributed by atoms with van der Waals surface area (Å²) in [7, 11) is 0. The van der Waals surface area contributed by atoms with Crippen LogP contribution in [0.3, 0.4) is 0 Å². The monoisotopic (exact) mass is 553 g/mol. The highest BCUT2D eigenvalue weighted by atomic mass is 35.5. The summed E-state index contributed by atoms with van der Waals surface area (Å²) in [5, 5.41) is 13.4. The van der Waals surface area contributed by atoms with Crippen molar-refractivity contribution >= 4 is 35.0 Å². The van der Waals surface area contributed by atoms with Crippen molar-refractivity contribution in [2.75, 3.05) is 13.2 Å². The number of halogens is 2. The molecule has 0 aliphatic carbocycles. The predicted octanol–water partition coefficient (Wildman–Crippen LogP) is 5.55. The zero-order valence-electron chi connectivity index (χ0n) is 20.3. The van der Waals surface area contributed by atoms with Gasteiger partial charge >= 0.3 is 0 Å². The van der Waals surface area contributed by atoms with Gasteiger partial charge in [0.2, 0.25) is 11.8 Å². The number of hydrogen-bond donors (Lipinski definition) is 2. The zero-order valence-corrected chi connectivity index (χ0v) is 21.8. The van der Waals surface area contributed by atoms with E-state index in [2.05, 4.69) is 10.0 Å². The van der Waals surface area contributed by atoms with Crippen LogP contribution in [0.1, 0.15) is 34.8 Å². The molecule has 0 saturated carbocycles. The number of aliphatic hydroxyl groups excluding tert-OH is 1. The number of aliphatic imine (C=N–C) groups is 1. The molecule has 3 aromatic rings. The van der Waals surface area contributed by atoms with Crippen LogP contribution < -0.4 is 10.5 Å². The lowest BCUT2D eigenvalue weighted by atomic mass is 9.81. The highest BCUT2D eigenvalue weighted by Gasteiger charge is 2.53. The number of primary amides is 1. The van der Waals surface area contributed by atoms with E-state index >= 15 is 0 Å². The number of nitrogens with zero attached hydrogens (tertiary/aromatic N) is 4. The molecule has 1 heterocycles. The predicted molar refractivity (Wildman–Crippen MR) is 145 cm³/mol. The van der Waals surface area contributed by atoms with Crippen LogP contribution in [0.5, 0.6) is 5.75 Å². The topological polar surface area (TPSA) is 143 Å². The Hall–Kier alpha value is -3.75. The summed E-state index contributed by atoms with van der Waals surface area (Å²) >= 11 is 12.7. The molecule has 38 heavy (non-hydrogen) atoms. The molecular weight excluding hydrogens is 529 g/mol. The standard InChI is InChI=1S/C27H25Cl2N5O4/c28-20-8-11-22(23(29)14-20)24-27(26(30)36,15-18-4-1-2-5-19(18)16-32-34-31)33-25(38-24)17-6-9-21(10-7-17)37-13-3-12-35/h1-2,4-11,14,24,35H,3,12-13,15-16H2,(H2,30,36)/t24-,27-/m1/s1. The number of amides is 1. The number of carbonyl (C=O) groups is 1. The molecule has 0 bridgehead atoms. The molecule has 1 aliphatic heterocycles. The van der Waals surface area contributed by atoms with Crippen molar-refractivity contribution in [1.29, 1.82) is 0 Å². The van der Waals surface area contributed by atoms with Crippen molar-refractivity contribution in [2.24, 2.45) is 15.8 Å². The Bertz CT molecular complexity index is 1390. The van der Waals surface area contributed by atoms with Gasteiger partial charge in [-0.3, -0.25) is 4.79 Å². The van der Waals surface area contributed by atoms with Crippen molar-refractivity contribution < 1.29 is 19.4 Å². The molecule has 0 saturated heterocycles. The third kappa shape index (κ3) is 5.87. The molecule has 3 N–H and O–H groups in total. The Morgan fingerprint density at radius 1 is 1.16 bits per heavy atom. The van der Waals surface area contributed by atoms with Crippen molar-refractivity contribution in [1.82, 2.24) is 0 Å². The number of benzene rings is 3. The Labute approximate surface area is 229 Å². The summed E-state index contributed by atoms with van der Waals surface area (Å²) in [5.41, 5.74) is 15.9. The average Bonchev–Trinajstić information content (AvgIpc) is 3.29. The molecule has 196 valence electrons. The highest BCUT2D eigenvalue weighted by molar-refractivity contribution is 6.35. The van der Waals surface area contributed by atoms with Crippen LogP contribution in [0.15, 0.2) is 76.8 Å². The van der Waals surface area contributed by atoms with Crippen molar-refractivity contribution in [3.05, 3.63) is 109 Å². The minimum Gasteiger partial charge on any atom is -0.494 e. The highest BCUT2D eigenvalue weighted by Crippen LogP contribution is 2.45. The SMILES string of the molecule is [N-]=[N+]=NCc1ccccc1C[C@@]1(C(N)=O)N=C(c2ccc(OCCCO)cc2)O[C@@H]1c1ccc(Cl)cc1Cl. The second-order valence-corrected chi connectivity index (χ2v) is 9.50. The normalized spacial score (nSPS) is 18.3. The summed E-state index contributed by atoms with van der Waals surface area (Å²) < 4.78 is 11.9. The number of hydrogen-bond acceptors (Lipinski definition) is 6. The molecule has 11 heteroatoms. The van der Waals surface area contributed by atoms with Gasteiger partial charge < -0.3 is 20.3 Å². The van der Waals surface area contributed by atoms with Gasteiger partial charge in [0.1, 0.15) is 5.75 Å². The fourth-order valence-electron chi connectivity index (χ4n) is 4.28. The van der Waals surface area contributed by atoms with Gasteiger partial charge in [0.15, 0.2) is 11.6 Å². The van der Waals surface area contributed by atoms with E-state index in [1.165, 1.54) is 0 Å². The van der Waals surface area contributed by atoms with E-state index in [0.29, 0.717) is 39.9 Å². The van der Waals surface area contributed by atoms with E-state index in [1.54, 1.807) is 42.5 Å². The Balaban J connectivity index is 1.79. The van der Waals surface area contributed by atoms with Crippen molar-refractivity contribution in [3.63, 3.8) is 0 Å². The first kappa shape index (κ1) is 27.3. The average molecular weight is 554 g/mol. The van der Waals surface area contributed by atoms with Crippen LogP contribution in [0, 0.1) is 0 Å². The second-order valence-electron chi connectivity index (χ2n) is 8.65. The van der Waals surface area contributed by atoms with Gasteiger partial charge in [0, 0.05) is 45.5 Å². The maximum Gasteiger partial charge on any atom is 0.250 e. The molecule has 0 radical (unpaired) electrons. The summed E-state index contributed by atoms with van der Waals surface area (Å²) in [6, 6.07) is 19.2. The smallest absolute Gasteiger partial charge is 0.250 e. The van der Waals surface area contributed by atoms with E-state index in [0.717, 1.165) is 11.1 Å². The molecule has 0 spiro atoms. The lowest BCUT2D eigenvalue weighted by molar-refractivity contribution is -0.125. The summed E-state index contributed by atoms with van der Waals surface area (Å²) in [4.78, 5) is 20.9. The number of azide groups is 1. The molecule has 0 fully saturated rings. The number of aliphatic hydroxyl groups is 1. The molecule has 0 unspecified atom stereocenters. The van der Waals surface area contributed by atoms with Gasteiger partial charge in [0.25, 0.3) is 0 Å². The van der Waals surface area contributed by atoms with Gasteiger partial charge in [-0.1, -0.05) is 58.6 Å². The minimum atomic E-state index is -1.56. The first-order valence-electron chi connectivity index (χ1n) is 11.8. The fraction of sp³-hybridized carbons (Fsp3) is 0.259. The molecule has 0 aromatic heterocycles. The van der Waals surface area contributed by atoms with Crippen molar-refractivity contribution in [2.45, 2.75) is 31.0 Å². The molecule has 3 aromatic carbocycles. The molecule has 9 nitrogen and oxygen atoms in total. The van der Waals surface area contributed by atoms with Gasteiger partial charge in [-0.25, -0.2) is 4.99 Å². The fourth-order valence-corrected chi connectivity index (χ4v) is 4.78. The van der Waals surface area contributed by atoms with Crippen LogP contribution in [-0.4, -0.2) is 35.7 Å². The van der Waals surface area contributed by atoms with Crippen LogP contribution in [-0.2, 0) is 22.5 Å². The van der Waals surface area contributed by atoms with Crippen LogP contribution >= 0.6 is 23.2 Å². The third-order valence-corrected chi connectivity index (χ3v) is 6.75. The molecule has 4 rings (SSSR count). The van der Waals surface area contributed by atoms with Gasteiger partial charge in [0.05, 0.1) is 13.2 Å². The molecular formula is C27H25Cl2N5O4. The van der Waals surface area contributed by atoms with Gasteiger partial charge in [-0.2, -0.15) is 0 Å². The lowest BCUT2D eigenvalue weighted by Crippen LogP contribution is -2.47. The maximum absolute atomic E-state index is 13.2. The molecule has 1 amide bonds. The van der Waals surface area contributed by atoms with Crippen LogP contribution in [0.25, 0.3) is 10.4 Å². The Morgan fingerprint density at radius 2 is 1.89 bits per heavy atom. The summed E-state index contributed by atoms with van der Waals surface area (Å²) in [5.74, 6) is 0.131. The van der Waals surface area contributed by atoms with E-state index in [-0.39, 0.29) is 25.5 Å². The van der Waals surface area contributed by atoms with Crippen LogP contribution in [0.4, 0.5) is 0 Å². The quantitative estimate of drug-likeness (QED) is 0.139. The zero-order chi connectivity index (χ0) is 27.1. The summed E-state index contributed by atoms with van der Waals surface area (Å²) in [6.07, 6.45) is -0.356. The third-order valence-electron chi connectivity index (χ3n) is 6.19. The minimum absolute atomic E-state index is 0.0402. The van der Waals surface area contributed by atoms with E-state index in [4.69, 9.17) is 54.0 Å².